The van der Waals surface area contributed by atoms with Crippen LogP contribution >= 0.6 is 0 Å². The van der Waals surface area contributed by atoms with Crippen LogP contribution in [0.2, 0.25) is 0 Å². The number of halogens is 1. The number of amides is 1. The van der Waals surface area contributed by atoms with E-state index in [2.05, 4.69) is 16.8 Å². The lowest BCUT2D eigenvalue weighted by molar-refractivity contribution is 0.00205. The fourth-order valence-corrected chi connectivity index (χ4v) is 4.04. The molecule has 0 spiro atoms. The molecule has 1 aromatic carbocycles. The van der Waals surface area contributed by atoms with E-state index in [0.29, 0.717) is 25.2 Å². The number of nitrogens with one attached hydrogen (secondary N) is 1. The number of likely N-dealkylation sites (tertiary alicyclic amines) is 2. The molecule has 1 aromatic heterocycles. The Bertz CT molecular complexity index is 873. The van der Waals surface area contributed by atoms with Gasteiger partial charge in [0, 0.05) is 36.8 Å². The number of carbonyl (C=O) groups excluding carboxylic acids is 1. The molecule has 5 nitrogen and oxygen atoms in total. The van der Waals surface area contributed by atoms with Gasteiger partial charge < -0.3 is 9.88 Å². The molecule has 3 heterocycles. The molecule has 2 fully saturated rings. The van der Waals surface area contributed by atoms with E-state index in [1.807, 2.05) is 0 Å². The molecule has 0 saturated carbocycles. The van der Waals surface area contributed by atoms with Crippen LogP contribution in [0, 0.1) is 5.82 Å². The van der Waals surface area contributed by atoms with E-state index in [0.717, 1.165) is 6.54 Å². The molecule has 0 unspecified atom stereocenters. The van der Waals surface area contributed by atoms with Crippen LogP contribution in [0.4, 0.5) is 4.39 Å². The molecular formula is C19H22FN3O2. The maximum absolute atomic E-state index is 13.8. The Morgan fingerprint density at radius 2 is 2.08 bits per heavy atom. The second kappa shape index (κ2) is 6.26. The zero-order valence-corrected chi connectivity index (χ0v) is 14.3. The quantitative estimate of drug-likeness (QED) is 0.911. The molecule has 0 aliphatic carbocycles. The number of nitrogens with zero attached hydrogens (tertiary/aromatic N) is 2. The SMILES string of the molecule is C[C@@H]1CCCCN1C1CN(C(=O)c2c[nH]c3c(F)cccc3c2=O)C1. The van der Waals surface area contributed by atoms with Gasteiger partial charge >= 0.3 is 0 Å². The lowest BCUT2D eigenvalue weighted by Crippen LogP contribution is -2.63. The van der Waals surface area contributed by atoms with Crippen molar-refractivity contribution in [1.82, 2.24) is 14.8 Å². The van der Waals surface area contributed by atoms with Crippen molar-refractivity contribution >= 4 is 16.8 Å². The van der Waals surface area contributed by atoms with Gasteiger partial charge in [0.15, 0.2) is 0 Å². The Hall–Kier alpha value is -2.21. The van der Waals surface area contributed by atoms with E-state index in [-0.39, 0.29) is 22.4 Å². The standard InChI is InChI=1S/C19H22FN3O2/c1-12-5-2-3-8-23(12)13-10-22(11-13)19(25)15-9-21-17-14(18(15)24)6-4-7-16(17)20/h4,6-7,9,12-13H,2-3,5,8,10-11H2,1H3,(H,21,24)/t12-/m1/s1. The summed E-state index contributed by atoms with van der Waals surface area (Å²) in [6, 6.07) is 5.26. The summed E-state index contributed by atoms with van der Waals surface area (Å²) >= 11 is 0. The third-order valence-corrected chi connectivity index (χ3v) is 5.57. The van der Waals surface area contributed by atoms with Crippen LogP contribution in [-0.2, 0) is 0 Å². The predicted octanol–water partition coefficient (Wildman–Crippen LogP) is 2.37. The van der Waals surface area contributed by atoms with Crippen LogP contribution in [0.3, 0.4) is 0 Å². The van der Waals surface area contributed by atoms with Crippen molar-refractivity contribution in [2.24, 2.45) is 0 Å². The number of benzene rings is 1. The molecule has 1 amide bonds. The van der Waals surface area contributed by atoms with Crippen molar-refractivity contribution in [1.29, 1.82) is 0 Å². The lowest BCUT2D eigenvalue weighted by Gasteiger charge is -2.49. The summed E-state index contributed by atoms with van der Waals surface area (Å²) in [7, 11) is 0. The molecule has 6 heteroatoms. The number of rotatable bonds is 2. The van der Waals surface area contributed by atoms with Gasteiger partial charge in [0.25, 0.3) is 5.91 Å². The van der Waals surface area contributed by atoms with Gasteiger partial charge in [-0.1, -0.05) is 12.5 Å². The lowest BCUT2D eigenvalue weighted by atomic mass is 9.97. The van der Waals surface area contributed by atoms with E-state index in [1.165, 1.54) is 37.6 Å². The molecule has 2 aliphatic rings. The zero-order chi connectivity index (χ0) is 17.6. The molecule has 0 bridgehead atoms. The van der Waals surface area contributed by atoms with Crippen LogP contribution < -0.4 is 5.43 Å². The summed E-state index contributed by atoms with van der Waals surface area (Å²) in [5.74, 6) is -0.759. The third kappa shape index (κ3) is 2.74. The summed E-state index contributed by atoms with van der Waals surface area (Å²) in [6.07, 6.45) is 5.04. The minimum Gasteiger partial charge on any atom is -0.358 e. The predicted molar refractivity (Wildman–Crippen MR) is 94.2 cm³/mol. The zero-order valence-electron chi connectivity index (χ0n) is 14.3. The second-order valence-corrected chi connectivity index (χ2v) is 7.14. The average Bonchev–Trinajstić information content (AvgIpc) is 2.56. The summed E-state index contributed by atoms with van der Waals surface area (Å²) in [4.78, 5) is 32.2. The average molecular weight is 343 g/mol. The van der Waals surface area contributed by atoms with Crippen LogP contribution in [0.25, 0.3) is 10.9 Å². The van der Waals surface area contributed by atoms with Crippen LogP contribution in [0.1, 0.15) is 36.5 Å². The first-order valence-electron chi connectivity index (χ1n) is 8.91. The Kier molecular flexibility index (Phi) is 4.07. The third-order valence-electron chi connectivity index (χ3n) is 5.57. The first-order valence-corrected chi connectivity index (χ1v) is 8.91. The molecule has 2 saturated heterocycles. The van der Waals surface area contributed by atoms with E-state index >= 15 is 0 Å². The smallest absolute Gasteiger partial charge is 0.259 e. The Balaban J connectivity index is 1.52. The molecular weight excluding hydrogens is 321 g/mol. The van der Waals surface area contributed by atoms with Gasteiger partial charge in [0.05, 0.1) is 5.52 Å². The highest BCUT2D eigenvalue weighted by atomic mass is 19.1. The normalized spacial score (nSPS) is 22.2. The number of hydrogen-bond donors (Lipinski definition) is 1. The highest BCUT2D eigenvalue weighted by Gasteiger charge is 2.38. The number of pyridine rings is 1. The van der Waals surface area contributed by atoms with Crippen LogP contribution in [-0.4, -0.2) is 52.4 Å². The molecule has 1 N–H and O–H groups in total. The first kappa shape index (κ1) is 16.3. The highest BCUT2D eigenvalue weighted by molar-refractivity contribution is 5.97. The van der Waals surface area contributed by atoms with Gasteiger partial charge in [-0.2, -0.15) is 0 Å². The van der Waals surface area contributed by atoms with Crippen molar-refractivity contribution in [2.75, 3.05) is 19.6 Å². The highest BCUT2D eigenvalue weighted by Crippen LogP contribution is 2.25. The van der Waals surface area contributed by atoms with Crippen molar-refractivity contribution in [2.45, 2.75) is 38.3 Å². The number of H-pyrrole nitrogens is 1. The minimum absolute atomic E-state index is 0.0863. The Labute approximate surface area is 145 Å². The van der Waals surface area contributed by atoms with Crippen LogP contribution in [0.15, 0.2) is 29.2 Å². The van der Waals surface area contributed by atoms with Crippen molar-refractivity contribution in [3.8, 4) is 0 Å². The van der Waals surface area contributed by atoms with Gasteiger partial charge in [-0.15, -0.1) is 0 Å². The molecule has 132 valence electrons. The van der Waals surface area contributed by atoms with Crippen LogP contribution in [0.5, 0.6) is 0 Å². The maximum Gasteiger partial charge on any atom is 0.259 e. The molecule has 0 radical (unpaired) electrons. The summed E-state index contributed by atoms with van der Waals surface area (Å²) in [5, 5.41) is 0.215. The van der Waals surface area contributed by atoms with Gasteiger partial charge in [0.1, 0.15) is 11.4 Å². The van der Waals surface area contributed by atoms with Gasteiger partial charge in [0.2, 0.25) is 5.43 Å². The number of fused-ring (bicyclic) bond motifs is 1. The fraction of sp³-hybridized carbons (Fsp3) is 0.474. The van der Waals surface area contributed by atoms with Crippen molar-refractivity contribution in [3.63, 3.8) is 0 Å². The maximum atomic E-state index is 13.8. The van der Waals surface area contributed by atoms with Crippen molar-refractivity contribution < 1.29 is 9.18 Å². The number of aromatic amines is 1. The van der Waals surface area contributed by atoms with Gasteiger partial charge in [-0.3, -0.25) is 14.5 Å². The molecule has 1 atom stereocenters. The minimum atomic E-state index is -0.489. The second-order valence-electron chi connectivity index (χ2n) is 7.14. The fourth-order valence-electron chi connectivity index (χ4n) is 4.04. The summed E-state index contributed by atoms with van der Waals surface area (Å²) in [6.45, 7) is 4.64. The Morgan fingerprint density at radius 3 is 2.84 bits per heavy atom. The summed E-state index contributed by atoms with van der Waals surface area (Å²) < 4.78 is 13.8. The van der Waals surface area contributed by atoms with E-state index in [4.69, 9.17) is 0 Å². The van der Waals surface area contributed by atoms with Crippen molar-refractivity contribution in [3.05, 3.63) is 46.0 Å². The molecule has 2 aliphatic heterocycles. The number of carbonyl (C=O) groups is 1. The number of para-hydroxylation sites is 1. The van der Waals surface area contributed by atoms with Gasteiger partial charge in [-0.25, -0.2) is 4.39 Å². The number of aromatic nitrogens is 1. The topological polar surface area (TPSA) is 56.4 Å². The molecule has 4 rings (SSSR count). The molecule has 25 heavy (non-hydrogen) atoms. The van der Waals surface area contributed by atoms with E-state index in [1.54, 1.807) is 11.0 Å². The molecule has 2 aromatic rings. The summed E-state index contributed by atoms with van der Waals surface area (Å²) in [5.41, 5.74) is -0.177. The monoisotopic (exact) mass is 343 g/mol. The Morgan fingerprint density at radius 1 is 1.28 bits per heavy atom. The number of hydrogen-bond acceptors (Lipinski definition) is 3. The van der Waals surface area contributed by atoms with Gasteiger partial charge in [-0.05, 0) is 38.4 Å². The van der Waals surface area contributed by atoms with E-state index < -0.39 is 11.2 Å². The number of piperidine rings is 1. The first-order chi connectivity index (χ1) is 12.1. The largest absolute Gasteiger partial charge is 0.358 e. The van der Waals surface area contributed by atoms with E-state index in [9.17, 15) is 14.0 Å².